The molecule has 0 aliphatic rings. The molecule has 2 heterocycles. The van der Waals surface area contributed by atoms with Crippen LogP contribution in [0.3, 0.4) is 0 Å². The van der Waals surface area contributed by atoms with Crippen molar-refractivity contribution in [2.45, 2.75) is 52.4 Å². The summed E-state index contributed by atoms with van der Waals surface area (Å²) in [4.78, 5) is 8.11. The molecule has 0 atom stereocenters. The van der Waals surface area contributed by atoms with Crippen molar-refractivity contribution in [2.75, 3.05) is 9.80 Å². The molecule has 0 aliphatic heterocycles. The summed E-state index contributed by atoms with van der Waals surface area (Å²) >= 11 is 0. The zero-order valence-corrected chi connectivity index (χ0v) is 37.8. The molecule has 2 aromatic heterocycles. The molecule has 6 heteroatoms. The lowest BCUT2D eigenvalue weighted by molar-refractivity contribution is 0.590. The van der Waals surface area contributed by atoms with Crippen LogP contribution in [0.2, 0.25) is 0 Å². The Balaban J connectivity index is 1.01. The first-order valence-corrected chi connectivity index (χ1v) is 22.3. The highest BCUT2D eigenvalue weighted by Gasteiger charge is 2.22. The summed E-state index contributed by atoms with van der Waals surface area (Å²) in [6.45, 7) is 20.9. The standard InChI is InChI=1S/C60H46N4O2/c1-59(2,3)42-12-22-46(23-13-42)63(45-18-8-37(36-61)9-19-45)49-21-11-39-33-53-56(35-41(39)31-49)65-54-29-28-51-52-32-38-10-20-50(30-40(38)34-55(52)66-58(51)57(53)54)64(48-26-16-44(62-7)17-27-48)47-24-14-43(15-25-47)60(4,5)6/h8-35H,1-6H3. The number of nitriles is 1. The second-order valence-corrected chi connectivity index (χ2v) is 19.3. The Labute approximate surface area is 384 Å². The molecule has 11 rings (SSSR count). The number of anilines is 6. The van der Waals surface area contributed by atoms with Gasteiger partial charge in [0.05, 0.1) is 23.6 Å². The molecular formula is C60H46N4O2. The Bertz CT molecular complexity index is 3780. The van der Waals surface area contributed by atoms with Gasteiger partial charge in [-0.2, -0.15) is 5.26 Å². The van der Waals surface area contributed by atoms with Crippen molar-refractivity contribution in [1.82, 2.24) is 0 Å². The van der Waals surface area contributed by atoms with Crippen LogP contribution in [0.4, 0.5) is 39.8 Å². The van der Waals surface area contributed by atoms with Crippen LogP contribution in [0.1, 0.15) is 58.2 Å². The van der Waals surface area contributed by atoms with E-state index in [1.54, 1.807) is 0 Å². The van der Waals surface area contributed by atoms with E-state index in [1.165, 1.54) is 11.1 Å². The topological polar surface area (TPSA) is 60.9 Å². The molecule has 0 bridgehead atoms. The Kier molecular flexibility index (Phi) is 9.29. The van der Waals surface area contributed by atoms with E-state index in [0.29, 0.717) is 11.3 Å². The Morgan fingerprint density at radius 3 is 1.38 bits per heavy atom. The quantitative estimate of drug-likeness (QED) is 0.156. The molecule has 66 heavy (non-hydrogen) atoms. The van der Waals surface area contributed by atoms with Gasteiger partial charge in [-0.3, -0.25) is 0 Å². The smallest absolute Gasteiger partial charge is 0.187 e. The average molecular weight is 855 g/mol. The van der Waals surface area contributed by atoms with Crippen molar-refractivity contribution in [3.8, 4) is 6.07 Å². The maximum Gasteiger partial charge on any atom is 0.187 e. The first kappa shape index (κ1) is 40.5. The second-order valence-electron chi connectivity index (χ2n) is 19.3. The van der Waals surface area contributed by atoms with Crippen molar-refractivity contribution in [1.29, 1.82) is 5.26 Å². The normalized spacial score (nSPS) is 12.1. The molecule has 318 valence electrons. The highest BCUT2D eigenvalue weighted by atomic mass is 16.3. The van der Waals surface area contributed by atoms with Crippen molar-refractivity contribution in [2.24, 2.45) is 0 Å². The van der Waals surface area contributed by atoms with E-state index in [1.807, 2.05) is 48.5 Å². The number of hydrogen-bond acceptors (Lipinski definition) is 5. The minimum Gasteiger partial charge on any atom is -0.456 e. The molecule has 0 amide bonds. The van der Waals surface area contributed by atoms with E-state index in [0.717, 1.165) is 99.5 Å². The summed E-state index contributed by atoms with van der Waals surface area (Å²) < 4.78 is 13.5. The maximum absolute atomic E-state index is 9.54. The van der Waals surface area contributed by atoms with Gasteiger partial charge < -0.3 is 18.6 Å². The summed E-state index contributed by atoms with van der Waals surface area (Å²) in [5, 5.41) is 17.9. The van der Waals surface area contributed by atoms with Crippen LogP contribution >= 0.6 is 0 Å². The van der Waals surface area contributed by atoms with Crippen LogP contribution in [0.25, 0.3) is 70.3 Å². The Morgan fingerprint density at radius 1 is 0.439 bits per heavy atom. The van der Waals surface area contributed by atoms with Crippen LogP contribution in [0.5, 0.6) is 0 Å². The highest BCUT2D eigenvalue weighted by molar-refractivity contribution is 6.24. The molecule has 11 aromatic rings. The van der Waals surface area contributed by atoms with E-state index < -0.39 is 0 Å². The summed E-state index contributed by atoms with van der Waals surface area (Å²) in [7, 11) is 0. The summed E-state index contributed by atoms with van der Waals surface area (Å²) in [6.07, 6.45) is 0. The van der Waals surface area contributed by atoms with Gasteiger partial charge in [-0.25, -0.2) is 4.85 Å². The summed E-state index contributed by atoms with van der Waals surface area (Å²) in [6, 6.07) is 61.3. The Hall–Kier alpha value is -8.32. The number of benzene rings is 9. The van der Waals surface area contributed by atoms with Crippen molar-refractivity contribution in [3.05, 3.63) is 198 Å². The van der Waals surface area contributed by atoms with Gasteiger partial charge in [0.15, 0.2) is 5.69 Å². The van der Waals surface area contributed by atoms with Crippen LogP contribution in [0.15, 0.2) is 179 Å². The van der Waals surface area contributed by atoms with Crippen molar-refractivity contribution >= 4 is 105 Å². The lowest BCUT2D eigenvalue weighted by atomic mass is 9.87. The minimum absolute atomic E-state index is 0.0307. The molecule has 6 nitrogen and oxygen atoms in total. The average Bonchev–Trinajstić information content (AvgIpc) is 3.87. The molecule has 0 N–H and O–H groups in total. The molecule has 0 unspecified atom stereocenters. The van der Waals surface area contributed by atoms with E-state index in [2.05, 4.69) is 184 Å². The van der Waals surface area contributed by atoms with Gasteiger partial charge in [-0.05, 0) is 165 Å². The third-order valence-corrected chi connectivity index (χ3v) is 12.9. The van der Waals surface area contributed by atoms with Crippen molar-refractivity contribution < 1.29 is 8.83 Å². The highest BCUT2D eigenvalue weighted by Crippen LogP contribution is 2.44. The molecule has 9 aromatic carbocycles. The fourth-order valence-corrected chi connectivity index (χ4v) is 9.31. The van der Waals surface area contributed by atoms with Gasteiger partial charge in [0.2, 0.25) is 0 Å². The number of hydrogen-bond donors (Lipinski definition) is 0. The van der Waals surface area contributed by atoms with Crippen LogP contribution in [-0.2, 0) is 10.8 Å². The predicted octanol–water partition coefficient (Wildman–Crippen LogP) is 17.7. The van der Waals surface area contributed by atoms with Gasteiger partial charge in [-0.1, -0.05) is 90.1 Å². The minimum atomic E-state index is 0.0307. The van der Waals surface area contributed by atoms with Gasteiger partial charge in [0, 0.05) is 50.3 Å². The van der Waals surface area contributed by atoms with Gasteiger partial charge >= 0.3 is 0 Å². The van der Waals surface area contributed by atoms with E-state index in [4.69, 9.17) is 15.4 Å². The monoisotopic (exact) mass is 854 g/mol. The maximum atomic E-state index is 9.54. The number of furan rings is 2. The first-order chi connectivity index (χ1) is 31.8. The fourth-order valence-electron chi connectivity index (χ4n) is 9.31. The van der Waals surface area contributed by atoms with Crippen molar-refractivity contribution in [3.63, 3.8) is 0 Å². The van der Waals surface area contributed by atoms with E-state index >= 15 is 0 Å². The molecular weight excluding hydrogens is 809 g/mol. The predicted molar refractivity (Wildman–Crippen MR) is 274 cm³/mol. The number of rotatable bonds is 6. The molecule has 0 fully saturated rings. The van der Waals surface area contributed by atoms with Gasteiger partial charge in [0.25, 0.3) is 0 Å². The first-order valence-electron chi connectivity index (χ1n) is 22.3. The lowest BCUT2D eigenvalue weighted by Crippen LogP contribution is -2.13. The molecule has 0 saturated heterocycles. The SMILES string of the molecule is [C-]#[N+]c1ccc(N(c2ccc(C(C)(C)C)cc2)c2ccc3cc4c(cc3c2)oc2c4ccc3oc4cc5cc(N(c6ccc(C#N)cc6)c6ccc(C(C)(C)C)cc6)ccc5cc4c32)cc1. The zero-order chi connectivity index (χ0) is 45.5. The van der Waals surface area contributed by atoms with Crippen LogP contribution in [0, 0.1) is 17.9 Å². The zero-order valence-electron chi connectivity index (χ0n) is 37.8. The molecule has 0 saturated carbocycles. The third-order valence-electron chi connectivity index (χ3n) is 12.9. The second kappa shape index (κ2) is 15.2. The van der Waals surface area contributed by atoms with Crippen LogP contribution in [-0.4, -0.2) is 0 Å². The largest absolute Gasteiger partial charge is 0.456 e. The fraction of sp³-hybridized carbons (Fsp3) is 0.133. The summed E-state index contributed by atoms with van der Waals surface area (Å²) in [5.74, 6) is 0. The lowest BCUT2D eigenvalue weighted by Gasteiger charge is -2.27. The van der Waals surface area contributed by atoms with E-state index in [-0.39, 0.29) is 10.8 Å². The van der Waals surface area contributed by atoms with Gasteiger partial charge in [0.1, 0.15) is 22.3 Å². The number of fused-ring (bicyclic) bond motifs is 9. The number of nitrogens with zero attached hydrogens (tertiary/aromatic N) is 4. The molecule has 0 radical (unpaired) electrons. The summed E-state index contributed by atoms with van der Waals surface area (Å²) in [5.41, 5.74) is 13.0. The Morgan fingerprint density at radius 2 is 0.894 bits per heavy atom. The molecule has 0 aliphatic carbocycles. The third kappa shape index (κ3) is 6.96. The van der Waals surface area contributed by atoms with Crippen LogP contribution < -0.4 is 9.80 Å². The molecule has 0 spiro atoms. The van der Waals surface area contributed by atoms with Gasteiger partial charge in [-0.15, -0.1) is 0 Å². The van der Waals surface area contributed by atoms with E-state index in [9.17, 15) is 5.26 Å².